The van der Waals surface area contributed by atoms with Crippen LogP contribution in [-0.2, 0) is 22.9 Å². The van der Waals surface area contributed by atoms with Crippen LogP contribution in [0.4, 0.5) is 0 Å². The molecular formula is C29H40N2O3S. The Labute approximate surface area is 211 Å². The Morgan fingerprint density at radius 2 is 1.86 bits per heavy atom. The molecule has 0 unspecified atom stereocenters. The Bertz CT molecular complexity index is 1160. The Morgan fingerprint density at radius 3 is 2.54 bits per heavy atom. The van der Waals surface area contributed by atoms with E-state index in [0.717, 1.165) is 37.1 Å². The lowest BCUT2D eigenvalue weighted by molar-refractivity contribution is 0.00134. The minimum atomic E-state index is -3.64. The van der Waals surface area contributed by atoms with Crippen LogP contribution in [0.15, 0.2) is 47.4 Å². The highest BCUT2D eigenvalue weighted by atomic mass is 32.2. The number of ether oxygens (including phenoxy) is 1. The third-order valence-corrected chi connectivity index (χ3v) is 10.6. The fourth-order valence-corrected chi connectivity index (χ4v) is 8.43. The van der Waals surface area contributed by atoms with Crippen LogP contribution in [0.3, 0.4) is 0 Å². The number of likely N-dealkylation sites (N-methyl/N-ethyl adjacent to an activating group) is 1. The van der Waals surface area contributed by atoms with Gasteiger partial charge in [-0.15, -0.1) is 0 Å². The largest absolute Gasteiger partial charge is 0.497 e. The van der Waals surface area contributed by atoms with Gasteiger partial charge in [-0.25, -0.2) is 13.6 Å². The predicted octanol–water partition coefficient (Wildman–Crippen LogP) is 5.13. The second-order valence-electron chi connectivity index (χ2n) is 11.2. The second-order valence-corrected chi connectivity index (χ2v) is 12.7. The minimum Gasteiger partial charge on any atom is -0.497 e. The van der Waals surface area contributed by atoms with Crippen molar-refractivity contribution < 1.29 is 13.2 Å². The van der Waals surface area contributed by atoms with Crippen molar-refractivity contribution in [2.75, 3.05) is 20.2 Å². The van der Waals surface area contributed by atoms with Gasteiger partial charge in [-0.05, 0) is 116 Å². The number of sulfonamides is 1. The number of rotatable bonds is 7. The smallest absolute Gasteiger partial charge is 0.238 e. The molecule has 0 amide bonds. The summed E-state index contributed by atoms with van der Waals surface area (Å²) in [6, 6.07) is 14.5. The first-order valence-electron chi connectivity index (χ1n) is 13.3. The molecule has 2 aromatic carbocycles. The molecule has 5 rings (SSSR count). The van der Waals surface area contributed by atoms with Crippen LogP contribution in [0.5, 0.6) is 5.75 Å². The molecule has 3 aliphatic rings. The molecule has 5 atom stereocenters. The first kappa shape index (κ1) is 24.8. The number of aryl methyl sites for hydroxylation is 1. The van der Waals surface area contributed by atoms with E-state index in [0.29, 0.717) is 17.4 Å². The van der Waals surface area contributed by atoms with Crippen LogP contribution in [-0.4, -0.2) is 39.6 Å². The van der Waals surface area contributed by atoms with Gasteiger partial charge in [0.15, 0.2) is 0 Å². The Hall–Kier alpha value is -1.89. The summed E-state index contributed by atoms with van der Waals surface area (Å²) in [6.45, 7) is 6.93. The molecule has 35 heavy (non-hydrogen) atoms. The highest BCUT2D eigenvalue weighted by Crippen LogP contribution is 2.61. The van der Waals surface area contributed by atoms with Crippen LogP contribution in [0.25, 0.3) is 0 Å². The zero-order valence-electron chi connectivity index (χ0n) is 21.4. The highest BCUT2D eigenvalue weighted by molar-refractivity contribution is 7.89. The van der Waals surface area contributed by atoms with Gasteiger partial charge in [0, 0.05) is 12.6 Å². The first-order chi connectivity index (χ1) is 16.7. The molecule has 2 saturated carbocycles. The van der Waals surface area contributed by atoms with Gasteiger partial charge in [0.05, 0.1) is 12.0 Å². The average Bonchev–Trinajstić information content (AvgIpc) is 3.21. The van der Waals surface area contributed by atoms with E-state index in [9.17, 15) is 8.42 Å². The lowest BCUT2D eigenvalue weighted by Gasteiger charge is -2.52. The number of fused-ring (bicyclic) bond motifs is 5. The Kier molecular flexibility index (Phi) is 6.75. The van der Waals surface area contributed by atoms with Gasteiger partial charge in [-0.2, -0.15) is 0 Å². The quantitative estimate of drug-likeness (QED) is 0.577. The molecule has 0 aromatic heterocycles. The molecule has 0 radical (unpaired) electrons. The molecule has 0 saturated heterocycles. The highest BCUT2D eigenvalue weighted by Gasteiger charge is 2.55. The van der Waals surface area contributed by atoms with Crippen LogP contribution >= 0.6 is 0 Å². The number of hydrogen-bond donors (Lipinski definition) is 1. The van der Waals surface area contributed by atoms with Crippen molar-refractivity contribution in [3.05, 3.63) is 59.2 Å². The molecule has 0 aliphatic heterocycles. The molecule has 0 spiro atoms. The molecule has 0 bridgehead atoms. The van der Waals surface area contributed by atoms with Gasteiger partial charge in [0.25, 0.3) is 0 Å². The van der Waals surface area contributed by atoms with Gasteiger partial charge >= 0.3 is 0 Å². The van der Waals surface area contributed by atoms with Crippen molar-refractivity contribution in [3.63, 3.8) is 0 Å². The van der Waals surface area contributed by atoms with Crippen LogP contribution in [0.1, 0.15) is 68.6 Å². The van der Waals surface area contributed by atoms with E-state index in [2.05, 4.69) is 36.9 Å². The van der Waals surface area contributed by atoms with E-state index in [1.807, 2.05) is 12.1 Å². The zero-order valence-corrected chi connectivity index (χ0v) is 22.2. The predicted molar refractivity (Wildman–Crippen MR) is 140 cm³/mol. The van der Waals surface area contributed by atoms with Crippen LogP contribution in [0.2, 0.25) is 0 Å². The number of nitrogens with two attached hydrogens (primary N) is 1. The van der Waals surface area contributed by atoms with Gasteiger partial charge in [-0.3, -0.25) is 4.90 Å². The van der Waals surface area contributed by atoms with Crippen LogP contribution < -0.4 is 9.88 Å². The molecule has 6 heteroatoms. The number of hydrogen-bond acceptors (Lipinski definition) is 4. The second kappa shape index (κ2) is 9.53. The lowest BCUT2D eigenvalue weighted by atomic mass is 9.55. The summed E-state index contributed by atoms with van der Waals surface area (Å²) < 4.78 is 28.6. The molecule has 3 aliphatic carbocycles. The zero-order chi connectivity index (χ0) is 24.8. The third-order valence-electron chi connectivity index (χ3n) is 9.67. The Balaban J connectivity index is 1.29. The number of primary sulfonamides is 1. The molecule has 5 nitrogen and oxygen atoms in total. The lowest BCUT2D eigenvalue weighted by Crippen LogP contribution is -2.50. The molecule has 190 valence electrons. The fourth-order valence-electron chi connectivity index (χ4n) is 7.91. The van der Waals surface area contributed by atoms with Gasteiger partial charge in [-0.1, -0.05) is 32.0 Å². The van der Waals surface area contributed by atoms with E-state index >= 15 is 0 Å². The molecule has 2 fully saturated rings. The van der Waals surface area contributed by atoms with E-state index in [-0.39, 0.29) is 4.90 Å². The van der Waals surface area contributed by atoms with Crippen molar-refractivity contribution in [2.24, 2.45) is 22.4 Å². The monoisotopic (exact) mass is 496 g/mol. The minimum absolute atomic E-state index is 0.184. The van der Waals surface area contributed by atoms with E-state index in [4.69, 9.17) is 9.88 Å². The van der Waals surface area contributed by atoms with Gasteiger partial charge in [0.1, 0.15) is 5.75 Å². The molecule has 2 aromatic rings. The van der Waals surface area contributed by atoms with E-state index in [1.54, 1.807) is 24.8 Å². The van der Waals surface area contributed by atoms with Gasteiger partial charge < -0.3 is 4.74 Å². The number of nitrogens with zero attached hydrogens (tertiary/aromatic N) is 1. The standard InChI is InChI=1S/C29H40N2O3S/c1-4-31(18-16-20-5-9-23(10-6-20)35(30,32)33)28-14-13-27-26-11-7-21-19-22(34-3)8-12-24(21)25(26)15-17-29(27,28)2/h5-6,8-10,12,19,25-28H,4,7,11,13-18H2,1-3H3,(H2,30,32,33)/t25-,26-,27+,28+,29+/m1/s1. The number of methoxy groups -OCH3 is 1. The summed E-state index contributed by atoms with van der Waals surface area (Å²) in [4.78, 5) is 2.89. The first-order valence-corrected chi connectivity index (χ1v) is 14.8. The maximum Gasteiger partial charge on any atom is 0.238 e. The summed E-state index contributed by atoms with van der Waals surface area (Å²) in [5.41, 5.74) is 4.63. The van der Waals surface area contributed by atoms with Crippen molar-refractivity contribution in [3.8, 4) is 5.75 Å². The van der Waals surface area contributed by atoms with E-state index < -0.39 is 10.0 Å². The van der Waals surface area contributed by atoms with Crippen molar-refractivity contribution >= 4 is 10.0 Å². The fraction of sp³-hybridized carbons (Fsp3) is 0.586. The summed E-state index contributed by atoms with van der Waals surface area (Å²) in [5.74, 6) is 3.28. The summed E-state index contributed by atoms with van der Waals surface area (Å²) in [7, 11) is -1.88. The normalized spacial score (nSPS) is 30.0. The SMILES string of the molecule is CCN(CCc1ccc(S(N)(=O)=O)cc1)[C@H]1CC[C@H]2[C@@H]3CCc4cc(OC)ccc4[C@H]3CC[C@]12C. The third kappa shape index (κ3) is 4.54. The molecule has 0 heterocycles. The summed E-state index contributed by atoms with van der Waals surface area (Å²) in [6.07, 6.45) is 8.63. The van der Waals surface area contributed by atoms with Crippen molar-refractivity contribution in [2.45, 2.75) is 75.6 Å². The average molecular weight is 497 g/mol. The topological polar surface area (TPSA) is 72.6 Å². The number of benzene rings is 2. The maximum absolute atomic E-state index is 11.6. The molecular weight excluding hydrogens is 456 g/mol. The Morgan fingerprint density at radius 1 is 1.09 bits per heavy atom. The van der Waals surface area contributed by atoms with Crippen LogP contribution in [0, 0.1) is 17.3 Å². The van der Waals surface area contributed by atoms with Gasteiger partial charge in [0.2, 0.25) is 10.0 Å². The van der Waals surface area contributed by atoms with E-state index in [1.165, 1.54) is 49.7 Å². The van der Waals surface area contributed by atoms with Crippen molar-refractivity contribution in [1.29, 1.82) is 0 Å². The summed E-state index contributed by atoms with van der Waals surface area (Å²) >= 11 is 0. The van der Waals surface area contributed by atoms with Crippen molar-refractivity contribution in [1.82, 2.24) is 4.90 Å². The summed E-state index contributed by atoms with van der Waals surface area (Å²) in [5, 5.41) is 5.25. The maximum atomic E-state index is 11.6. The molecule has 2 N–H and O–H groups in total.